The van der Waals surface area contributed by atoms with Crippen LogP contribution in [0, 0.1) is 13.8 Å². The van der Waals surface area contributed by atoms with Gasteiger partial charge in [0, 0.05) is 36.3 Å². The third-order valence-electron chi connectivity index (χ3n) is 3.22. The summed E-state index contributed by atoms with van der Waals surface area (Å²) < 4.78 is 3.06. The molecule has 0 bridgehead atoms. The molecule has 1 aliphatic rings. The first-order chi connectivity index (χ1) is 9.13. The SMILES string of the molecule is Cc1csc(Sc2c(CNC3CC3)c(C)nn2C)n1. The summed E-state index contributed by atoms with van der Waals surface area (Å²) in [7, 11) is 2.01. The van der Waals surface area contributed by atoms with Crippen molar-refractivity contribution in [3.63, 3.8) is 0 Å². The molecule has 102 valence electrons. The lowest BCUT2D eigenvalue weighted by Crippen LogP contribution is -2.16. The molecular weight excluding hydrogens is 276 g/mol. The number of hydrogen-bond donors (Lipinski definition) is 1. The predicted molar refractivity (Wildman–Crippen MR) is 78.8 cm³/mol. The normalized spacial score (nSPS) is 15.1. The van der Waals surface area contributed by atoms with Crippen molar-refractivity contribution in [2.24, 2.45) is 7.05 Å². The molecule has 0 saturated heterocycles. The van der Waals surface area contributed by atoms with E-state index in [1.54, 1.807) is 23.1 Å². The van der Waals surface area contributed by atoms with E-state index in [2.05, 4.69) is 27.7 Å². The van der Waals surface area contributed by atoms with Gasteiger partial charge in [0.25, 0.3) is 0 Å². The van der Waals surface area contributed by atoms with Gasteiger partial charge in [-0.25, -0.2) is 4.98 Å². The highest BCUT2D eigenvalue weighted by molar-refractivity contribution is 8.01. The van der Waals surface area contributed by atoms with Gasteiger partial charge in [-0.3, -0.25) is 4.68 Å². The first-order valence-corrected chi connectivity index (χ1v) is 8.19. The Kier molecular flexibility index (Phi) is 3.64. The molecule has 2 aromatic rings. The summed E-state index contributed by atoms with van der Waals surface area (Å²) in [5.74, 6) is 0. The number of aromatic nitrogens is 3. The van der Waals surface area contributed by atoms with Crippen molar-refractivity contribution < 1.29 is 0 Å². The largest absolute Gasteiger partial charge is 0.310 e. The summed E-state index contributed by atoms with van der Waals surface area (Å²) in [6.45, 7) is 5.03. The van der Waals surface area contributed by atoms with Gasteiger partial charge in [-0.1, -0.05) is 0 Å². The van der Waals surface area contributed by atoms with Gasteiger partial charge >= 0.3 is 0 Å². The van der Waals surface area contributed by atoms with Gasteiger partial charge < -0.3 is 5.32 Å². The lowest BCUT2D eigenvalue weighted by Gasteiger charge is -2.05. The lowest BCUT2D eigenvalue weighted by molar-refractivity contribution is 0.658. The van der Waals surface area contributed by atoms with Crippen LogP contribution in [0.5, 0.6) is 0 Å². The van der Waals surface area contributed by atoms with E-state index in [1.807, 2.05) is 18.7 Å². The molecule has 1 aliphatic carbocycles. The molecule has 0 aliphatic heterocycles. The first kappa shape index (κ1) is 13.1. The highest BCUT2D eigenvalue weighted by Gasteiger charge is 2.22. The van der Waals surface area contributed by atoms with E-state index in [1.165, 1.54) is 23.4 Å². The highest BCUT2D eigenvalue weighted by atomic mass is 32.2. The molecule has 0 spiro atoms. The molecule has 0 atom stereocenters. The molecule has 0 radical (unpaired) electrons. The van der Waals surface area contributed by atoms with Crippen molar-refractivity contribution in [1.82, 2.24) is 20.1 Å². The minimum Gasteiger partial charge on any atom is -0.310 e. The van der Waals surface area contributed by atoms with Gasteiger partial charge in [0.15, 0.2) is 4.34 Å². The average molecular weight is 294 g/mol. The van der Waals surface area contributed by atoms with E-state index in [4.69, 9.17) is 0 Å². The van der Waals surface area contributed by atoms with Gasteiger partial charge in [-0.15, -0.1) is 11.3 Å². The van der Waals surface area contributed by atoms with Crippen molar-refractivity contribution in [2.45, 2.75) is 48.6 Å². The highest BCUT2D eigenvalue weighted by Crippen LogP contribution is 2.34. The molecule has 1 fully saturated rings. The second-order valence-corrected chi connectivity index (χ2v) is 7.10. The maximum absolute atomic E-state index is 4.55. The van der Waals surface area contributed by atoms with E-state index < -0.39 is 0 Å². The second kappa shape index (κ2) is 5.26. The van der Waals surface area contributed by atoms with E-state index >= 15 is 0 Å². The van der Waals surface area contributed by atoms with Crippen molar-refractivity contribution in [3.05, 3.63) is 22.3 Å². The molecular formula is C13H18N4S2. The summed E-state index contributed by atoms with van der Waals surface area (Å²) in [6.07, 6.45) is 2.63. The Labute approximate surface area is 121 Å². The van der Waals surface area contributed by atoms with Crippen LogP contribution in [0.3, 0.4) is 0 Å². The molecule has 0 unspecified atom stereocenters. The predicted octanol–water partition coefficient (Wildman–Crippen LogP) is 2.90. The molecule has 1 N–H and O–H groups in total. The Morgan fingerprint density at radius 1 is 1.47 bits per heavy atom. The average Bonchev–Trinajstić information content (AvgIpc) is 3.04. The number of thiazole rings is 1. The monoisotopic (exact) mass is 294 g/mol. The third kappa shape index (κ3) is 3.01. The summed E-state index contributed by atoms with van der Waals surface area (Å²) in [4.78, 5) is 4.52. The van der Waals surface area contributed by atoms with Gasteiger partial charge in [-0.05, 0) is 38.5 Å². The summed E-state index contributed by atoms with van der Waals surface area (Å²) in [5.41, 5.74) is 3.52. The van der Waals surface area contributed by atoms with E-state index in [-0.39, 0.29) is 0 Å². The molecule has 4 nitrogen and oxygen atoms in total. The van der Waals surface area contributed by atoms with Crippen LogP contribution in [0.2, 0.25) is 0 Å². The second-order valence-electron chi connectivity index (χ2n) is 5.00. The van der Waals surface area contributed by atoms with Crippen LogP contribution < -0.4 is 5.32 Å². The van der Waals surface area contributed by atoms with Crippen molar-refractivity contribution in [2.75, 3.05) is 0 Å². The molecule has 19 heavy (non-hydrogen) atoms. The summed E-state index contributed by atoms with van der Waals surface area (Å²) in [5, 5.41) is 11.4. The molecule has 2 heterocycles. The molecule has 1 saturated carbocycles. The smallest absolute Gasteiger partial charge is 0.156 e. The maximum Gasteiger partial charge on any atom is 0.156 e. The van der Waals surface area contributed by atoms with Gasteiger partial charge in [0.05, 0.1) is 5.69 Å². The summed E-state index contributed by atoms with van der Waals surface area (Å²) >= 11 is 3.42. The Balaban J connectivity index is 1.81. The van der Waals surface area contributed by atoms with Gasteiger partial charge in [0.2, 0.25) is 0 Å². The third-order valence-corrected chi connectivity index (χ3v) is 5.48. The minimum atomic E-state index is 0.722. The van der Waals surface area contributed by atoms with Crippen LogP contribution in [0.15, 0.2) is 14.7 Å². The minimum absolute atomic E-state index is 0.722. The topological polar surface area (TPSA) is 42.7 Å². The van der Waals surface area contributed by atoms with Gasteiger partial charge in [0.1, 0.15) is 5.03 Å². The number of nitrogens with one attached hydrogen (secondary N) is 1. The fourth-order valence-corrected chi connectivity index (χ4v) is 3.97. The fourth-order valence-electron chi connectivity index (χ4n) is 2.01. The zero-order valence-corrected chi connectivity index (χ0v) is 13.1. The molecule has 0 aromatic carbocycles. The summed E-state index contributed by atoms with van der Waals surface area (Å²) in [6, 6.07) is 0.722. The Morgan fingerprint density at radius 3 is 2.89 bits per heavy atom. The number of hydrogen-bond acceptors (Lipinski definition) is 5. The molecule has 6 heteroatoms. The van der Waals surface area contributed by atoms with Gasteiger partial charge in [-0.2, -0.15) is 5.10 Å². The molecule has 0 amide bonds. The molecule has 2 aromatic heterocycles. The number of rotatable bonds is 5. The zero-order valence-electron chi connectivity index (χ0n) is 11.4. The van der Waals surface area contributed by atoms with Crippen LogP contribution in [-0.2, 0) is 13.6 Å². The van der Waals surface area contributed by atoms with Crippen LogP contribution >= 0.6 is 23.1 Å². The maximum atomic E-state index is 4.55. The van der Waals surface area contributed by atoms with E-state index in [0.29, 0.717) is 0 Å². The fraction of sp³-hybridized carbons (Fsp3) is 0.538. The lowest BCUT2D eigenvalue weighted by atomic mass is 10.2. The Morgan fingerprint density at radius 2 is 2.26 bits per heavy atom. The number of aryl methyl sites for hydroxylation is 3. The number of nitrogens with zero attached hydrogens (tertiary/aromatic N) is 3. The quantitative estimate of drug-likeness (QED) is 0.921. The molecule has 3 rings (SSSR count). The first-order valence-electron chi connectivity index (χ1n) is 6.49. The van der Waals surface area contributed by atoms with Crippen LogP contribution in [0.1, 0.15) is 29.8 Å². The Bertz CT molecular complexity index is 583. The Hall–Kier alpha value is -0.850. The van der Waals surface area contributed by atoms with Crippen molar-refractivity contribution >= 4 is 23.1 Å². The van der Waals surface area contributed by atoms with Crippen LogP contribution in [0.25, 0.3) is 0 Å². The van der Waals surface area contributed by atoms with Crippen molar-refractivity contribution in [3.8, 4) is 0 Å². The van der Waals surface area contributed by atoms with Crippen LogP contribution in [0.4, 0.5) is 0 Å². The van der Waals surface area contributed by atoms with Crippen molar-refractivity contribution in [1.29, 1.82) is 0 Å². The zero-order chi connectivity index (χ0) is 13.4. The standard InChI is InChI=1S/C13H18N4S2/c1-8-7-18-13(15-8)19-12-11(6-14-10-4-5-10)9(2)16-17(12)3/h7,10,14H,4-6H2,1-3H3. The van der Waals surface area contributed by atoms with E-state index in [9.17, 15) is 0 Å². The van der Waals surface area contributed by atoms with E-state index in [0.717, 1.165) is 28.3 Å². The van der Waals surface area contributed by atoms with Crippen LogP contribution in [-0.4, -0.2) is 20.8 Å².